The lowest BCUT2D eigenvalue weighted by Gasteiger charge is -2.07. The molecule has 0 amide bonds. The van der Waals surface area contributed by atoms with E-state index in [0.717, 1.165) is 34.0 Å². The van der Waals surface area contributed by atoms with E-state index in [0.29, 0.717) is 5.92 Å². The third-order valence-corrected chi connectivity index (χ3v) is 4.38. The smallest absolute Gasteiger partial charge is 0.175 e. The van der Waals surface area contributed by atoms with Gasteiger partial charge in [0.15, 0.2) is 4.34 Å². The number of nitrogens with zero attached hydrogens (tertiary/aromatic N) is 4. The molecule has 2 aromatic heterocycles. The van der Waals surface area contributed by atoms with Crippen molar-refractivity contribution >= 4 is 29.1 Å². The van der Waals surface area contributed by atoms with Crippen LogP contribution < -0.4 is 5.32 Å². The fourth-order valence-corrected chi connectivity index (χ4v) is 3.06. The van der Waals surface area contributed by atoms with Crippen LogP contribution in [0.3, 0.4) is 0 Å². The molecule has 1 fully saturated rings. The fraction of sp³-hybridized carbons (Fsp3) is 0.500. The zero-order valence-electron chi connectivity index (χ0n) is 10.7. The molecular weight excluding hydrogens is 278 g/mol. The highest BCUT2D eigenvalue weighted by Gasteiger charge is 2.27. The fourth-order valence-electron chi connectivity index (χ4n) is 1.66. The number of aromatic nitrogens is 4. The Labute approximate surface area is 120 Å². The van der Waals surface area contributed by atoms with Gasteiger partial charge in [-0.25, -0.2) is 15.0 Å². The SMILES string of the molecule is CCCNc1cc(Sc2ncns2)nc(C2CC2)n1. The standard InChI is InChI=1S/C12H15N5S2/c1-2-5-13-9-6-10(18-12-14-7-15-19-12)17-11(16-9)8-3-4-8/h6-8H,2-5H2,1H3,(H,13,16,17). The monoisotopic (exact) mass is 293 g/mol. The van der Waals surface area contributed by atoms with Crippen molar-refractivity contribution in [3.05, 3.63) is 18.2 Å². The van der Waals surface area contributed by atoms with Crippen LogP contribution in [0.25, 0.3) is 0 Å². The summed E-state index contributed by atoms with van der Waals surface area (Å²) in [7, 11) is 0. The number of hydrogen-bond acceptors (Lipinski definition) is 7. The summed E-state index contributed by atoms with van der Waals surface area (Å²) >= 11 is 2.95. The molecule has 0 saturated heterocycles. The van der Waals surface area contributed by atoms with Gasteiger partial charge in [-0.1, -0.05) is 6.92 Å². The third-order valence-electron chi connectivity index (χ3n) is 2.75. The molecule has 2 heterocycles. The van der Waals surface area contributed by atoms with Crippen molar-refractivity contribution in [2.45, 2.75) is 41.5 Å². The molecule has 1 saturated carbocycles. The highest BCUT2D eigenvalue weighted by Crippen LogP contribution is 2.39. The Morgan fingerprint density at radius 1 is 1.42 bits per heavy atom. The third kappa shape index (κ3) is 3.42. The van der Waals surface area contributed by atoms with E-state index >= 15 is 0 Å². The topological polar surface area (TPSA) is 63.6 Å². The maximum absolute atomic E-state index is 4.63. The van der Waals surface area contributed by atoms with Gasteiger partial charge in [0.25, 0.3) is 0 Å². The summed E-state index contributed by atoms with van der Waals surface area (Å²) in [5.41, 5.74) is 0. The Bertz CT molecular complexity index is 539. The van der Waals surface area contributed by atoms with Crippen molar-refractivity contribution in [2.75, 3.05) is 11.9 Å². The Morgan fingerprint density at radius 2 is 2.32 bits per heavy atom. The summed E-state index contributed by atoms with van der Waals surface area (Å²) in [6.07, 6.45) is 5.08. The van der Waals surface area contributed by atoms with Gasteiger partial charge in [0.2, 0.25) is 0 Å². The van der Waals surface area contributed by atoms with Crippen molar-refractivity contribution in [3.63, 3.8) is 0 Å². The Hall–Kier alpha value is -1.21. The van der Waals surface area contributed by atoms with Crippen molar-refractivity contribution in [1.82, 2.24) is 19.3 Å². The van der Waals surface area contributed by atoms with Crippen LogP contribution in [-0.4, -0.2) is 25.9 Å². The average Bonchev–Trinajstić information content (AvgIpc) is 3.16. The molecule has 1 N–H and O–H groups in total. The number of rotatable bonds is 6. The first-order chi connectivity index (χ1) is 9.35. The van der Waals surface area contributed by atoms with E-state index in [-0.39, 0.29) is 0 Å². The number of nitrogens with one attached hydrogen (secondary N) is 1. The Balaban J connectivity index is 1.82. The molecule has 0 unspecified atom stereocenters. The molecule has 7 heteroatoms. The summed E-state index contributed by atoms with van der Waals surface area (Å²) in [6, 6.07) is 1.99. The van der Waals surface area contributed by atoms with E-state index in [4.69, 9.17) is 0 Å². The minimum atomic E-state index is 0.553. The summed E-state index contributed by atoms with van der Waals surface area (Å²) in [6.45, 7) is 3.08. The van der Waals surface area contributed by atoms with Gasteiger partial charge in [-0.15, -0.1) is 0 Å². The summed E-state index contributed by atoms with van der Waals surface area (Å²) in [5.74, 6) is 2.44. The first-order valence-electron chi connectivity index (χ1n) is 6.42. The summed E-state index contributed by atoms with van der Waals surface area (Å²) in [5, 5.41) is 4.29. The van der Waals surface area contributed by atoms with E-state index in [1.807, 2.05) is 6.07 Å². The quantitative estimate of drug-likeness (QED) is 0.825. The van der Waals surface area contributed by atoms with E-state index in [9.17, 15) is 0 Å². The van der Waals surface area contributed by atoms with E-state index in [2.05, 4.69) is 31.6 Å². The van der Waals surface area contributed by atoms with Gasteiger partial charge in [-0.2, -0.15) is 4.37 Å². The van der Waals surface area contributed by atoms with Crippen LogP contribution >= 0.6 is 23.3 Å². The van der Waals surface area contributed by atoms with Gasteiger partial charge >= 0.3 is 0 Å². The summed E-state index contributed by atoms with van der Waals surface area (Å²) < 4.78 is 4.93. The van der Waals surface area contributed by atoms with E-state index < -0.39 is 0 Å². The lowest BCUT2D eigenvalue weighted by molar-refractivity contribution is 0.868. The van der Waals surface area contributed by atoms with Crippen LogP contribution in [0.15, 0.2) is 21.8 Å². The molecule has 5 nitrogen and oxygen atoms in total. The van der Waals surface area contributed by atoms with Crippen LogP contribution in [0, 0.1) is 0 Å². The van der Waals surface area contributed by atoms with Crippen LogP contribution in [0.1, 0.15) is 37.9 Å². The van der Waals surface area contributed by atoms with Gasteiger partial charge in [0, 0.05) is 18.5 Å². The molecule has 0 aromatic carbocycles. The molecule has 0 aliphatic heterocycles. The Kier molecular flexibility index (Phi) is 3.93. The molecule has 0 radical (unpaired) electrons. The molecule has 0 spiro atoms. The lowest BCUT2D eigenvalue weighted by Crippen LogP contribution is -2.05. The van der Waals surface area contributed by atoms with Crippen molar-refractivity contribution in [3.8, 4) is 0 Å². The first kappa shape index (κ1) is 12.8. The molecule has 2 aromatic rings. The zero-order valence-corrected chi connectivity index (χ0v) is 12.3. The molecule has 0 atom stereocenters. The van der Waals surface area contributed by atoms with Crippen LogP contribution in [0.5, 0.6) is 0 Å². The van der Waals surface area contributed by atoms with Crippen molar-refractivity contribution in [2.24, 2.45) is 0 Å². The first-order valence-corrected chi connectivity index (χ1v) is 8.01. The predicted octanol–water partition coefficient (Wildman–Crippen LogP) is 3.18. The highest BCUT2D eigenvalue weighted by molar-refractivity contribution is 8.00. The molecule has 3 rings (SSSR count). The van der Waals surface area contributed by atoms with Crippen LogP contribution in [0.2, 0.25) is 0 Å². The minimum absolute atomic E-state index is 0.553. The molecule has 0 bridgehead atoms. The van der Waals surface area contributed by atoms with Gasteiger partial charge < -0.3 is 5.32 Å². The molecule has 19 heavy (non-hydrogen) atoms. The highest BCUT2D eigenvalue weighted by atomic mass is 32.2. The molecule has 100 valence electrons. The van der Waals surface area contributed by atoms with E-state index in [1.165, 1.54) is 24.4 Å². The van der Waals surface area contributed by atoms with Gasteiger partial charge in [-0.3, -0.25) is 0 Å². The average molecular weight is 293 g/mol. The summed E-state index contributed by atoms with van der Waals surface area (Å²) in [4.78, 5) is 13.4. The lowest BCUT2D eigenvalue weighted by atomic mass is 10.4. The Morgan fingerprint density at radius 3 is 3.00 bits per heavy atom. The van der Waals surface area contributed by atoms with Crippen molar-refractivity contribution < 1.29 is 0 Å². The predicted molar refractivity (Wildman–Crippen MR) is 76.8 cm³/mol. The second-order valence-electron chi connectivity index (χ2n) is 4.46. The van der Waals surface area contributed by atoms with Crippen LogP contribution in [0.4, 0.5) is 5.82 Å². The molecule has 1 aliphatic rings. The normalized spacial score (nSPS) is 14.6. The maximum atomic E-state index is 4.63. The number of hydrogen-bond donors (Lipinski definition) is 1. The largest absolute Gasteiger partial charge is 0.370 e. The van der Waals surface area contributed by atoms with Gasteiger partial charge in [0.05, 0.1) is 0 Å². The van der Waals surface area contributed by atoms with Gasteiger partial charge in [0.1, 0.15) is 23.0 Å². The van der Waals surface area contributed by atoms with Crippen LogP contribution in [-0.2, 0) is 0 Å². The van der Waals surface area contributed by atoms with E-state index in [1.54, 1.807) is 18.1 Å². The maximum Gasteiger partial charge on any atom is 0.175 e. The van der Waals surface area contributed by atoms with Gasteiger partial charge in [-0.05, 0) is 42.6 Å². The van der Waals surface area contributed by atoms with Crippen molar-refractivity contribution in [1.29, 1.82) is 0 Å². The minimum Gasteiger partial charge on any atom is -0.370 e. The molecular formula is C12H15N5S2. The molecule has 1 aliphatic carbocycles. The second-order valence-corrected chi connectivity index (χ2v) is 6.51. The second kappa shape index (κ2) is 5.83. The number of anilines is 1. The zero-order chi connectivity index (χ0) is 13.1.